The zero-order valence-corrected chi connectivity index (χ0v) is 9.20. The van der Waals surface area contributed by atoms with Crippen molar-refractivity contribution in [3.05, 3.63) is 38.9 Å². The third kappa shape index (κ3) is 2.16. The number of nitro groups is 1. The van der Waals surface area contributed by atoms with Gasteiger partial charge in [-0.2, -0.15) is 0 Å². The number of nitrogens with zero attached hydrogens (tertiary/aromatic N) is 1. The average molecular weight is 243 g/mol. The second kappa shape index (κ2) is 4.01. The maximum Gasteiger partial charge on any atom is 0.272 e. The van der Waals surface area contributed by atoms with Gasteiger partial charge in [-0.25, -0.2) is 0 Å². The molecule has 0 spiro atoms. The van der Waals surface area contributed by atoms with Gasteiger partial charge in [0.25, 0.3) is 5.69 Å². The summed E-state index contributed by atoms with van der Waals surface area (Å²) in [5.74, 6) is 0. The van der Waals surface area contributed by atoms with Gasteiger partial charge in [-0.05, 0) is 12.1 Å². The molecule has 0 amide bonds. The molecule has 0 saturated carbocycles. The van der Waals surface area contributed by atoms with Crippen molar-refractivity contribution in [3.8, 4) is 0 Å². The van der Waals surface area contributed by atoms with Gasteiger partial charge in [-0.3, -0.25) is 10.1 Å². The standard InChI is InChI=1S/C10H11ClN2O3/c11-8-1-2-9(13(15)16)7(3-8)4-10(14)5-12-6-10/h1-3,12,14H,4-6H2. The van der Waals surface area contributed by atoms with Crippen LogP contribution in [0.15, 0.2) is 18.2 Å². The van der Waals surface area contributed by atoms with Crippen LogP contribution in [0.5, 0.6) is 0 Å². The quantitative estimate of drug-likeness (QED) is 0.615. The maximum atomic E-state index is 10.8. The third-order valence-corrected chi connectivity index (χ3v) is 2.90. The SMILES string of the molecule is O=[N+]([O-])c1ccc(Cl)cc1CC1(O)CNC1. The monoisotopic (exact) mass is 242 g/mol. The molecule has 2 N–H and O–H groups in total. The molecule has 1 saturated heterocycles. The first-order chi connectivity index (χ1) is 7.50. The van der Waals surface area contributed by atoms with E-state index in [1.165, 1.54) is 18.2 Å². The summed E-state index contributed by atoms with van der Waals surface area (Å²) in [4.78, 5) is 10.3. The van der Waals surface area contributed by atoms with Crippen molar-refractivity contribution >= 4 is 17.3 Å². The van der Waals surface area contributed by atoms with E-state index in [0.29, 0.717) is 23.7 Å². The lowest BCUT2D eigenvalue weighted by Gasteiger charge is -2.37. The van der Waals surface area contributed by atoms with Gasteiger partial charge < -0.3 is 10.4 Å². The van der Waals surface area contributed by atoms with E-state index in [2.05, 4.69) is 5.32 Å². The van der Waals surface area contributed by atoms with Crippen LogP contribution in [0, 0.1) is 10.1 Å². The summed E-state index contributed by atoms with van der Waals surface area (Å²) in [6.07, 6.45) is 0.247. The lowest BCUT2D eigenvalue weighted by molar-refractivity contribution is -0.385. The molecule has 1 heterocycles. The van der Waals surface area contributed by atoms with Crippen molar-refractivity contribution in [2.75, 3.05) is 13.1 Å². The van der Waals surface area contributed by atoms with E-state index in [4.69, 9.17) is 11.6 Å². The van der Waals surface area contributed by atoms with Crippen LogP contribution in [0.25, 0.3) is 0 Å². The minimum Gasteiger partial charge on any atom is -0.387 e. The summed E-state index contributed by atoms with van der Waals surface area (Å²) in [5, 5.41) is 24.1. The molecule has 0 unspecified atom stereocenters. The van der Waals surface area contributed by atoms with Crippen LogP contribution >= 0.6 is 11.6 Å². The van der Waals surface area contributed by atoms with E-state index < -0.39 is 10.5 Å². The topological polar surface area (TPSA) is 75.4 Å². The normalized spacial score (nSPS) is 17.9. The van der Waals surface area contributed by atoms with Gasteiger partial charge in [0.05, 0.1) is 10.5 Å². The number of aliphatic hydroxyl groups is 1. The van der Waals surface area contributed by atoms with E-state index in [9.17, 15) is 15.2 Å². The molecule has 2 rings (SSSR count). The first-order valence-electron chi connectivity index (χ1n) is 4.86. The van der Waals surface area contributed by atoms with Crippen molar-refractivity contribution in [1.29, 1.82) is 0 Å². The van der Waals surface area contributed by atoms with Crippen LogP contribution < -0.4 is 5.32 Å². The van der Waals surface area contributed by atoms with Gasteiger partial charge in [0.1, 0.15) is 0 Å². The highest BCUT2D eigenvalue weighted by Crippen LogP contribution is 2.27. The molecule has 5 nitrogen and oxygen atoms in total. The predicted octanol–water partition coefficient (Wildman–Crippen LogP) is 1.12. The smallest absolute Gasteiger partial charge is 0.272 e. The summed E-state index contributed by atoms with van der Waals surface area (Å²) in [6.45, 7) is 0.910. The number of nitrogens with one attached hydrogen (secondary N) is 1. The third-order valence-electron chi connectivity index (χ3n) is 2.67. The summed E-state index contributed by atoms with van der Waals surface area (Å²) < 4.78 is 0. The minimum absolute atomic E-state index is 0.00438. The van der Waals surface area contributed by atoms with E-state index in [1.807, 2.05) is 0 Å². The number of hydrogen-bond acceptors (Lipinski definition) is 4. The zero-order chi connectivity index (χ0) is 11.8. The van der Waals surface area contributed by atoms with Gasteiger partial charge in [0.2, 0.25) is 0 Å². The van der Waals surface area contributed by atoms with Gasteiger partial charge in [-0.1, -0.05) is 11.6 Å². The molecule has 0 bridgehead atoms. The second-order valence-electron chi connectivity index (χ2n) is 4.03. The molecule has 1 aliphatic rings. The van der Waals surface area contributed by atoms with E-state index in [-0.39, 0.29) is 12.1 Å². The largest absolute Gasteiger partial charge is 0.387 e. The van der Waals surface area contributed by atoms with Crippen molar-refractivity contribution < 1.29 is 10.0 Å². The second-order valence-corrected chi connectivity index (χ2v) is 4.47. The Morgan fingerprint density at radius 1 is 1.56 bits per heavy atom. The molecule has 1 aromatic carbocycles. The van der Waals surface area contributed by atoms with Crippen LogP contribution in [0.4, 0.5) is 5.69 Å². The van der Waals surface area contributed by atoms with Gasteiger partial charge in [0, 0.05) is 36.2 Å². The highest BCUT2D eigenvalue weighted by atomic mass is 35.5. The Kier molecular flexibility index (Phi) is 2.84. The van der Waals surface area contributed by atoms with E-state index in [0.717, 1.165) is 0 Å². The molecule has 16 heavy (non-hydrogen) atoms. The zero-order valence-electron chi connectivity index (χ0n) is 8.44. The fourth-order valence-corrected chi connectivity index (χ4v) is 1.96. The Morgan fingerprint density at radius 3 is 2.75 bits per heavy atom. The van der Waals surface area contributed by atoms with Crippen molar-refractivity contribution in [2.45, 2.75) is 12.0 Å². The van der Waals surface area contributed by atoms with Crippen LogP contribution in [0.1, 0.15) is 5.56 Å². The molecule has 0 atom stereocenters. The van der Waals surface area contributed by atoms with E-state index in [1.54, 1.807) is 0 Å². The lowest BCUT2D eigenvalue weighted by Crippen LogP contribution is -2.60. The Hall–Kier alpha value is -1.17. The van der Waals surface area contributed by atoms with Crippen LogP contribution in [-0.2, 0) is 6.42 Å². The number of rotatable bonds is 3. The summed E-state index contributed by atoms with van der Waals surface area (Å²) >= 11 is 5.79. The Labute approximate surface area is 97.2 Å². The molecule has 1 fully saturated rings. The number of benzene rings is 1. The summed E-state index contributed by atoms with van der Waals surface area (Å²) in [5.41, 5.74) is -0.402. The minimum atomic E-state index is -0.880. The predicted molar refractivity (Wildman–Crippen MR) is 59.6 cm³/mol. The van der Waals surface area contributed by atoms with Gasteiger partial charge in [-0.15, -0.1) is 0 Å². The highest BCUT2D eigenvalue weighted by Gasteiger charge is 2.36. The van der Waals surface area contributed by atoms with Crippen molar-refractivity contribution in [3.63, 3.8) is 0 Å². The Balaban J connectivity index is 2.30. The molecule has 6 heteroatoms. The molecule has 86 valence electrons. The van der Waals surface area contributed by atoms with Crippen LogP contribution in [-0.4, -0.2) is 28.7 Å². The molecule has 0 aromatic heterocycles. The number of halogens is 1. The fourth-order valence-electron chi connectivity index (χ4n) is 1.77. The molecule has 0 radical (unpaired) electrons. The highest BCUT2D eigenvalue weighted by molar-refractivity contribution is 6.30. The van der Waals surface area contributed by atoms with Crippen molar-refractivity contribution in [1.82, 2.24) is 5.32 Å². The molecule has 1 aromatic rings. The van der Waals surface area contributed by atoms with E-state index >= 15 is 0 Å². The number of hydrogen-bond donors (Lipinski definition) is 2. The van der Waals surface area contributed by atoms with Crippen molar-refractivity contribution in [2.24, 2.45) is 0 Å². The fraction of sp³-hybridized carbons (Fsp3) is 0.400. The van der Waals surface area contributed by atoms with Gasteiger partial charge >= 0.3 is 0 Å². The molecular formula is C10H11ClN2O3. The van der Waals surface area contributed by atoms with Crippen LogP contribution in [0.2, 0.25) is 5.02 Å². The Bertz CT molecular complexity index is 432. The molecule has 1 aliphatic heterocycles. The molecule has 0 aliphatic carbocycles. The van der Waals surface area contributed by atoms with Gasteiger partial charge in [0.15, 0.2) is 0 Å². The summed E-state index contributed by atoms with van der Waals surface area (Å²) in [7, 11) is 0. The van der Waals surface area contributed by atoms with Crippen LogP contribution in [0.3, 0.4) is 0 Å². The average Bonchev–Trinajstić information content (AvgIpc) is 2.15. The molecular weight excluding hydrogens is 232 g/mol. The Morgan fingerprint density at radius 2 is 2.25 bits per heavy atom. The number of β-amino-alcohol motifs (C(OH)–C–C–N with tert-alkyl or cyclic N) is 1. The first kappa shape index (κ1) is 11.3. The lowest BCUT2D eigenvalue weighted by atomic mass is 9.88. The first-order valence-corrected chi connectivity index (χ1v) is 5.24. The maximum absolute atomic E-state index is 10.8. The number of nitro benzene ring substituents is 1. The summed E-state index contributed by atoms with van der Waals surface area (Å²) in [6, 6.07) is 4.38.